The number of halogens is 1. The molecule has 2 saturated heterocycles. The highest BCUT2D eigenvalue weighted by Gasteiger charge is 2.25. The number of hydrogen-bond donors (Lipinski definition) is 2. The van der Waals surface area contributed by atoms with E-state index in [0.29, 0.717) is 93.0 Å². The lowest BCUT2D eigenvalue weighted by Crippen LogP contribution is -2.41. The summed E-state index contributed by atoms with van der Waals surface area (Å²) in [6, 6.07) is 5.75. The summed E-state index contributed by atoms with van der Waals surface area (Å²) in [5.41, 5.74) is 2.52. The van der Waals surface area contributed by atoms with Gasteiger partial charge in [0.05, 0.1) is 49.8 Å². The Bertz CT molecular complexity index is 1370. The third kappa shape index (κ3) is 7.97. The van der Waals surface area contributed by atoms with Gasteiger partial charge in [0.1, 0.15) is 23.9 Å². The Morgan fingerprint density at radius 3 is 2.77 bits per heavy atom. The fourth-order valence-corrected chi connectivity index (χ4v) is 5.61. The van der Waals surface area contributed by atoms with Crippen molar-refractivity contribution in [1.29, 1.82) is 0 Å². The van der Waals surface area contributed by atoms with Crippen molar-refractivity contribution in [2.75, 3.05) is 62.8 Å². The molecule has 0 amide bonds. The van der Waals surface area contributed by atoms with Crippen LogP contribution < -0.4 is 15.0 Å². The minimum atomic E-state index is -0.652. The van der Waals surface area contributed by atoms with Crippen LogP contribution in [0.2, 0.25) is 5.02 Å². The maximum absolute atomic E-state index is 13.2. The van der Waals surface area contributed by atoms with Crippen LogP contribution in [0.5, 0.6) is 5.75 Å². The number of β-amino-alcohol motifs (C(OH)–C–C–N with tert-alkyl or cyclic N) is 1. The van der Waals surface area contributed by atoms with E-state index in [-0.39, 0.29) is 38.3 Å². The number of aromatic nitrogens is 3. The molecule has 3 aromatic rings. The lowest BCUT2D eigenvalue weighted by molar-refractivity contribution is 0.0209. The Labute approximate surface area is 262 Å². The molecule has 0 saturated carbocycles. The van der Waals surface area contributed by atoms with Crippen molar-refractivity contribution >= 4 is 42.6 Å². The number of anilines is 2. The average Bonchev–Trinajstić information content (AvgIpc) is 3.51. The number of carbonyl (C=O) groups excluding carboxylic acids is 1. The smallest absolute Gasteiger partial charge is 0.228 e. The number of fused-ring (bicyclic) bond motifs is 1. The van der Waals surface area contributed by atoms with Crippen molar-refractivity contribution in [2.24, 2.45) is 0 Å². The number of nitrogens with zero attached hydrogens (tertiary/aromatic N) is 5. The summed E-state index contributed by atoms with van der Waals surface area (Å²) in [4.78, 5) is 30.6. The number of ether oxygens (including phenoxy) is 3. The van der Waals surface area contributed by atoms with Crippen LogP contribution in [-0.2, 0) is 29.0 Å². The number of benzene rings is 1. The first kappa shape index (κ1) is 31.5. The lowest BCUT2D eigenvalue weighted by atomic mass is 9.98. The molecule has 5 heterocycles. The summed E-state index contributed by atoms with van der Waals surface area (Å²) in [6.07, 6.45) is 3.60. The van der Waals surface area contributed by atoms with Crippen LogP contribution in [0.1, 0.15) is 40.2 Å². The summed E-state index contributed by atoms with van der Waals surface area (Å²) < 4.78 is 21.8. The fourth-order valence-electron chi connectivity index (χ4n) is 5.28. The van der Waals surface area contributed by atoms with E-state index in [1.807, 2.05) is 17.0 Å². The molecule has 2 fully saturated rings. The first-order valence-corrected chi connectivity index (χ1v) is 14.7. The molecule has 1 atom stereocenters. The van der Waals surface area contributed by atoms with E-state index in [1.54, 1.807) is 12.3 Å². The summed E-state index contributed by atoms with van der Waals surface area (Å²) >= 11 is 6.67. The highest BCUT2D eigenvalue weighted by molar-refractivity contribution is 7.59. The number of ketones is 1. The molecule has 0 aliphatic carbocycles. The second-order valence-corrected chi connectivity index (χ2v) is 11.2. The molecule has 0 radical (unpaired) electrons. The Morgan fingerprint density at radius 1 is 1.19 bits per heavy atom. The topological polar surface area (TPSA) is 135 Å². The molecule has 3 aliphatic rings. The molecule has 43 heavy (non-hydrogen) atoms. The summed E-state index contributed by atoms with van der Waals surface area (Å²) in [6.45, 7) is 5.88. The van der Waals surface area contributed by atoms with Crippen molar-refractivity contribution < 1.29 is 28.5 Å². The van der Waals surface area contributed by atoms with Gasteiger partial charge in [0.25, 0.3) is 0 Å². The van der Waals surface area contributed by atoms with E-state index in [0.717, 1.165) is 24.1 Å². The van der Waals surface area contributed by atoms with Crippen molar-refractivity contribution in [3.63, 3.8) is 0 Å². The lowest BCUT2D eigenvalue weighted by Gasteiger charge is -2.31. The number of carbonyl (C=O) groups is 1. The van der Waals surface area contributed by atoms with Gasteiger partial charge in [-0.2, -0.15) is 18.5 Å². The van der Waals surface area contributed by atoms with Crippen LogP contribution in [0.25, 0.3) is 0 Å². The zero-order valence-electron chi connectivity index (χ0n) is 23.8. The van der Waals surface area contributed by atoms with E-state index in [9.17, 15) is 9.90 Å². The summed E-state index contributed by atoms with van der Waals surface area (Å²) in [7, 11) is 0. The maximum atomic E-state index is 13.2. The Kier molecular flexibility index (Phi) is 10.8. The Hall–Kier alpha value is -2.94. The molecular weight excluding hydrogens is 596 g/mol. The van der Waals surface area contributed by atoms with Gasteiger partial charge < -0.3 is 34.0 Å². The van der Waals surface area contributed by atoms with E-state index in [1.165, 1.54) is 6.39 Å². The zero-order chi connectivity index (χ0) is 28.9. The van der Waals surface area contributed by atoms with Gasteiger partial charge in [-0.1, -0.05) is 17.7 Å². The molecule has 0 spiro atoms. The first-order valence-electron chi connectivity index (χ1n) is 14.3. The number of hydrogen-bond acceptors (Lipinski definition) is 12. The second kappa shape index (κ2) is 14.7. The van der Waals surface area contributed by atoms with Gasteiger partial charge in [0.2, 0.25) is 5.95 Å². The van der Waals surface area contributed by atoms with Gasteiger partial charge >= 0.3 is 0 Å². The van der Waals surface area contributed by atoms with Gasteiger partial charge in [-0.15, -0.1) is 0 Å². The van der Waals surface area contributed by atoms with Crippen LogP contribution in [-0.4, -0.2) is 95.5 Å². The van der Waals surface area contributed by atoms with Crippen molar-refractivity contribution in [3.8, 4) is 5.75 Å². The fraction of sp³-hybridized carbons (Fsp3) is 0.517. The summed E-state index contributed by atoms with van der Waals surface area (Å²) in [5, 5.41) is 14.8. The van der Waals surface area contributed by atoms with E-state index in [2.05, 4.69) is 25.2 Å². The molecule has 12 nitrogen and oxygen atoms in total. The minimum absolute atomic E-state index is 0. The van der Waals surface area contributed by atoms with Crippen LogP contribution in [0.4, 0.5) is 11.8 Å². The second-order valence-electron chi connectivity index (χ2n) is 10.8. The average molecular weight is 633 g/mol. The monoisotopic (exact) mass is 632 g/mol. The number of oxazole rings is 1. The SMILES string of the molecule is O=C(CC[C@H](O)CN1CCc2c(ccc(OCc3cnco3)c2Cl)C1)c1cc(NC2COC2)nc(N2CCOCC2)n1.S. The van der Waals surface area contributed by atoms with Gasteiger partial charge in [-0.25, -0.2) is 9.97 Å². The first-order chi connectivity index (χ1) is 20.5. The molecule has 0 bridgehead atoms. The van der Waals surface area contributed by atoms with Crippen LogP contribution in [0.15, 0.2) is 35.2 Å². The standard InChI is InChI=1S/C29H35ClN6O6.H2S/c30-28-23-5-6-35(13-19(23)1-4-26(28)41-17-22-12-31-18-42-22)14-21(37)2-3-25(38)24-11-27(32-20-15-40-16-20)34-29(33-24)36-7-9-39-10-8-36;/h1,4,11-12,18,20-21,37H,2-3,5-10,13-17H2,(H,32,33,34);1H2/t21-;/m0./s1. The molecule has 2 aromatic heterocycles. The van der Waals surface area contributed by atoms with Crippen LogP contribution in [0.3, 0.4) is 0 Å². The van der Waals surface area contributed by atoms with E-state index in [4.69, 9.17) is 30.2 Å². The molecule has 1 aromatic carbocycles. The molecule has 6 rings (SSSR count). The van der Waals surface area contributed by atoms with Gasteiger partial charge in [-0.3, -0.25) is 9.69 Å². The third-order valence-electron chi connectivity index (χ3n) is 7.69. The van der Waals surface area contributed by atoms with Crippen molar-refractivity contribution in [2.45, 2.75) is 44.6 Å². The highest BCUT2D eigenvalue weighted by atomic mass is 35.5. The predicted octanol–water partition coefficient (Wildman–Crippen LogP) is 2.84. The minimum Gasteiger partial charge on any atom is -0.484 e. The number of aliphatic hydroxyl groups excluding tert-OH is 1. The predicted molar refractivity (Wildman–Crippen MR) is 165 cm³/mol. The number of aliphatic hydroxyl groups is 1. The Balaban J connectivity index is 0.00000368. The molecule has 232 valence electrons. The zero-order valence-corrected chi connectivity index (χ0v) is 25.6. The molecule has 3 aliphatic heterocycles. The number of nitrogens with one attached hydrogen (secondary N) is 1. The van der Waals surface area contributed by atoms with Gasteiger partial charge in [0.15, 0.2) is 17.9 Å². The summed E-state index contributed by atoms with van der Waals surface area (Å²) in [5.74, 6) is 2.25. The molecule has 2 N–H and O–H groups in total. The normalized spacial score (nSPS) is 17.9. The van der Waals surface area contributed by atoms with Crippen molar-refractivity contribution in [1.82, 2.24) is 19.9 Å². The quantitative estimate of drug-likeness (QED) is 0.284. The Morgan fingerprint density at radius 2 is 2.02 bits per heavy atom. The molecular formula is C29H37ClN6O6S. The maximum Gasteiger partial charge on any atom is 0.228 e. The van der Waals surface area contributed by atoms with Crippen LogP contribution in [0, 0.1) is 0 Å². The highest BCUT2D eigenvalue weighted by Crippen LogP contribution is 2.34. The van der Waals surface area contributed by atoms with E-state index >= 15 is 0 Å². The largest absolute Gasteiger partial charge is 0.484 e. The number of rotatable bonds is 12. The molecule has 0 unspecified atom stereocenters. The van der Waals surface area contributed by atoms with Crippen molar-refractivity contribution in [3.05, 3.63) is 58.4 Å². The third-order valence-corrected chi connectivity index (χ3v) is 8.10. The number of Topliss-reactive ketones (excluding diaryl/α,β-unsaturated/α-hetero) is 1. The van der Waals surface area contributed by atoms with E-state index < -0.39 is 6.10 Å². The van der Waals surface area contributed by atoms with Gasteiger partial charge in [-0.05, 0) is 30.0 Å². The number of morpholine rings is 1. The van der Waals surface area contributed by atoms with Crippen LogP contribution >= 0.6 is 25.1 Å². The molecule has 14 heteroatoms. The van der Waals surface area contributed by atoms with Gasteiger partial charge in [0, 0.05) is 45.2 Å².